The molecule has 1 heterocycles. The van der Waals surface area contributed by atoms with Crippen molar-refractivity contribution in [1.29, 1.82) is 0 Å². The van der Waals surface area contributed by atoms with Crippen molar-refractivity contribution in [3.05, 3.63) is 60.4 Å². The maximum atomic E-state index is 13.2. The Kier molecular flexibility index (Phi) is 6.68. The molecule has 3 amide bonds. The van der Waals surface area contributed by atoms with Gasteiger partial charge in [-0.15, -0.1) is 0 Å². The summed E-state index contributed by atoms with van der Waals surface area (Å²) in [6, 6.07) is 14.6. The highest BCUT2D eigenvalue weighted by Gasteiger charge is 2.36. The summed E-state index contributed by atoms with van der Waals surface area (Å²) in [5.41, 5.74) is 1.25. The molecule has 1 aliphatic carbocycles. The molecule has 32 heavy (non-hydrogen) atoms. The van der Waals surface area contributed by atoms with Gasteiger partial charge in [-0.2, -0.15) is 0 Å². The zero-order chi connectivity index (χ0) is 22.5. The fourth-order valence-corrected chi connectivity index (χ4v) is 4.28. The predicted octanol–water partition coefficient (Wildman–Crippen LogP) is 3.85. The standard InChI is InChI=1S/C24H26FN3O4/c25-17-9-11-20(12-10-17)28-15-16(13-22(28)29)23(30)26-19-7-4-8-21(14-19)32-24(31)27-18-5-2-1-3-6-18/h1-3,5-6,9-12,16,19,21H,4,7-8,13-15H2,(H,26,30)(H,27,31)/t16-,19+,21+/m1/s1. The predicted molar refractivity (Wildman–Crippen MR) is 118 cm³/mol. The average Bonchev–Trinajstić information content (AvgIpc) is 3.17. The van der Waals surface area contributed by atoms with Gasteiger partial charge in [0.15, 0.2) is 0 Å². The van der Waals surface area contributed by atoms with E-state index in [-0.39, 0.29) is 42.7 Å². The maximum absolute atomic E-state index is 13.2. The SMILES string of the molecule is O=C(Nc1ccccc1)O[C@H]1CCC[C@H](NC(=O)[C@@H]2CC(=O)N(c3ccc(F)cc3)C2)C1. The number of rotatable bonds is 5. The lowest BCUT2D eigenvalue weighted by Crippen LogP contribution is -2.44. The lowest BCUT2D eigenvalue weighted by atomic mass is 9.92. The van der Waals surface area contributed by atoms with Crippen molar-refractivity contribution >= 4 is 29.3 Å². The summed E-state index contributed by atoms with van der Waals surface area (Å²) < 4.78 is 18.7. The molecule has 8 heteroatoms. The van der Waals surface area contributed by atoms with Crippen molar-refractivity contribution in [2.75, 3.05) is 16.8 Å². The summed E-state index contributed by atoms with van der Waals surface area (Å²) in [5.74, 6) is -1.17. The van der Waals surface area contributed by atoms with Gasteiger partial charge in [-0.25, -0.2) is 9.18 Å². The molecule has 0 unspecified atom stereocenters. The van der Waals surface area contributed by atoms with Gasteiger partial charge in [0.05, 0.1) is 5.92 Å². The molecule has 2 aromatic carbocycles. The summed E-state index contributed by atoms with van der Waals surface area (Å²) in [6.07, 6.45) is 2.25. The number of nitrogens with zero attached hydrogens (tertiary/aromatic N) is 1. The topological polar surface area (TPSA) is 87.7 Å². The summed E-state index contributed by atoms with van der Waals surface area (Å²) in [4.78, 5) is 38.8. The Morgan fingerprint density at radius 3 is 2.53 bits per heavy atom. The molecule has 2 aliphatic rings. The van der Waals surface area contributed by atoms with Gasteiger partial charge in [0, 0.05) is 36.8 Å². The molecule has 1 saturated heterocycles. The molecule has 1 aliphatic heterocycles. The third kappa shape index (κ3) is 5.43. The summed E-state index contributed by atoms with van der Waals surface area (Å²) in [7, 11) is 0. The minimum absolute atomic E-state index is 0.110. The van der Waals surface area contributed by atoms with Crippen LogP contribution in [0.25, 0.3) is 0 Å². The number of carbonyl (C=O) groups excluding carboxylic acids is 3. The summed E-state index contributed by atoms with van der Waals surface area (Å²) in [5, 5.41) is 5.73. The second-order valence-corrected chi connectivity index (χ2v) is 8.27. The number of halogens is 1. The minimum Gasteiger partial charge on any atom is -0.446 e. The van der Waals surface area contributed by atoms with Gasteiger partial charge in [0.2, 0.25) is 11.8 Å². The number of nitrogens with one attached hydrogen (secondary N) is 2. The van der Waals surface area contributed by atoms with Gasteiger partial charge >= 0.3 is 6.09 Å². The van der Waals surface area contributed by atoms with Crippen LogP contribution in [0.1, 0.15) is 32.1 Å². The van der Waals surface area contributed by atoms with Crippen molar-refractivity contribution in [1.82, 2.24) is 5.32 Å². The van der Waals surface area contributed by atoms with E-state index in [1.54, 1.807) is 12.1 Å². The van der Waals surface area contributed by atoms with Crippen LogP contribution >= 0.6 is 0 Å². The Labute approximate surface area is 185 Å². The van der Waals surface area contributed by atoms with Gasteiger partial charge in [-0.05, 0) is 55.7 Å². The number of amides is 3. The third-order valence-electron chi connectivity index (χ3n) is 5.90. The lowest BCUT2D eigenvalue weighted by Gasteiger charge is -2.30. The van der Waals surface area contributed by atoms with Crippen molar-refractivity contribution in [3.8, 4) is 0 Å². The number of carbonyl (C=O) groups is 3. The van der Waals surface area contributed by atoms with Crippen LogP contribution in [0.4, 0.5) is 20.6 Å². The smallest absolute Gasteiger partial charge is 0.411 e. The van der Waals surface area contributed by atoms with Crippen molar-refractivity contribution in [2.45, 2.75) is 44.2 Å². The number of para-hydroxylation sites is 1. The molecule has 1 saturated carbocycles. The van der Waals surface area contributed by atoms with E-state index in [1.807, 2.05) is 18.2 Å². The van der Waals surface area contributed by atoms with Crippen molar-refractivity contribution < 1.29 is 23.5 Å². The van der Waals surface area contributed by atoms with Crippen molar-refractivity contribution in [2.24, 2.45) is 5.92 Å². The van der Waals surface area contributed by atoms with Crippen LogP contribution in [0.2, 0.25) is 0 Å². The first-order chi connectivity index (χ1) is 15.5. The first-order valence-electron chi connectivity index (χ1n) is 10.9. The molecule has 0 radical (unpaired) electrons. The molecular weight excluding hydrogens is 413 g/mol. The van der Waals surface area contributed by atoms with Gasteiger partial charge in [0.1, 0.15) is 11.9 Å². The molecule has 168 valence electrons. The minimum atomic E-state index is -0.510. The molecule has 3 atom stereocenters. The first kappa shape index (κ1) is 21.8. The first-order valence-corrected chi connectivity index (χ1v) is 10.9. The lowest BCUT2D eigenvalue weighted by molar-refractivity contribution is -0.127. The van der Waals surface area contributed by atoms with E-state index in [9.17, 15) is 18.8 Å². The Morgan fingerprint density at radius 1 is 1.03 bits per heavy atom. The van der Waals surface area contributed by atoms with Crippen LogP contribution in [0, 0.1) is 11.7 Å². The number of hydrogen-bond donors (Lipinski definition) is 2. The van der Waals surface area contributed by atoms with Gasteiger partial charge < -0.3 is 15.0 Å². The molecule has 0 bridgehead atoms. The van der Waals surface area contributed by atoms with Gasteiger partial charge in [0.25, 0.3) is 0 Å². The van der Waals surface area contributed by atoms with E-state index >= 15 is 0 Å². The molecule has 2 aromatic rings. The third-order valence-corrected chi connectivity index (χ3v) is 5.90. The summed E-state index contributed by atoms with van der Waals surface area (Å²) in [6.45, 7) is 0.266. The van der Waals surface area contributed by atoms with E-state index in [0.29, 0.717) is 17.8 Å². The van der Waals surface area contributed by atoms with E-state index in [4.69, 9.17) is 4.74 Å². The van der Waals surface area contributed by atoms with Crippen LogP contribution in [0.5, 0.6) is 0 Å². The summed E-state index contributed by atoms with van der Waals surface area (Å²) >= 11 is 0. The fourth-order valence-electron chi connectivity index (χ4n) is 4.28. The fraction of sp³-hybridized carbons (Fsp3) is 0.375. The molecule has 7 nitrogen and oxygen atoms in total. The number of anilines is 2. The van der Waals surface area contributed by atoms with Crippen LogP contribution in [0.15, 0.2) is 54.6 Å². The Bertz CT molecular complexity index is 967. The monoisotopic (exact) mass is 439 g/mol. The molecular formula is C24H26FN3O4. The highest BCUT2D eigenvalue weighted by Crippen LogP contribution is 2.27. The second kappa shape index (κ2) is 9.80. The largest absolute Gasteiger partial charge is 0.446 e. The molecule has 2 N–H and O–H groups in total. The average molecular weight is 439 g/mol. The molecule has 0 spiro atoms. The highest BCUT2D eigenvalue weighted by molar-refractivity contribution is 6.00. The number of benzene rings is 2. The second-order valence-electron chi connectivity index (χ2n) is 8.27. The zero-order valence-corrected chi connectivity index (χ0v) is 17.6. The van der Waals surface area contributed by atoms with E-state index in [1.165, 1.54) is 29.2 Å². The Hall–Kier alpha value is -3.42. The van der Waals surface area contributed by atoms with E-state index in [0.717, 1.165) is 19.3 Å². The van der Waals surface area contributed by atoms with Crippen LogP contribution < -0.4 is 15.5 Å². The Balaban J connectivity index is 1.27. The quantitative estimate of drug-likeness (QED) is 0.741. The molecule has 4 rings (SSSR count). The maximum Gasteiger partial charge on any atom is 0.411 e. The normalized spacial score (nSPS) is 23.0. The van der Waals surface area contributed by atoms with Crippen LogP contribution in [-0.2, 0) is 14.3 Å². The van der Waals surface area contributed by atoms with E-state index < -0.39 is 12.0 Å². The van der Waals surface area contributed by atoms with E-state index in [2.05, 4.69) is 10.6 Å². The number of ether oxygens (including phenoxy) is 1. The number of hydrogen-bond acceptors (Lipinski definition) is 4. The van der Waals surface area contributed by atoms with Gasteiger partial charge in [-0.1, -0.05) is 18.2 Å². The molecule has 2 fully saturated rings. The highest BCUT2D eigenvalue weighted by atomic mass is 19.1. The van der Waals surface area contributed by atoms with Crippen LogP contribution in [0.3, 0.4) is 0 Å². The zero-order valence-electron chi connectivity index (χ0n) is 17.6. The van der Waals surface area contributed by atoms with Crippen molar-refractivity contribution in [3.63, 3.8) is 0 Å². The Morgan fingerprint density at radius 2 is 1.78 bits per heavy atom. The van der Waals surface area contributed by atoms with Gasteiger partial charge in [-0.3, -0.25) is 14.9 Å². The van der Waals surface area contributed by atoms with Crippen LogP contribution in [-0.4, -0.2) is 36.6 Å². The molecule has 0 aromatic heterocycles.